The van der Waals surface area contributed by atoms with Crippen molar-refractivity contribution < 1.29 is 4.42 Å². The SMILES string of the molecule is N#CC1=C(N)NC(=S)NC1c1ccc(-c2ccc(-c3nc4ccccc4s3)cc2)o1. The number of thiazole rings is 1. The predicted octanol–water partition coefficient (Wildman–Crippen LogP) is 4.44. The normalized spacial score (nSPS) is 16.2. The standard InChI is InChI=1S/C22H15N5OS2/c23-11-14-19(26-22(29)27-20(14)24)17-10-9-16(28-17)12-5-7-13(8-6-12)21-25-15-3-1-2-4-18(15)30-21/h1-10,19H,24H2,(H2,26,27,29). The van der Waals surface area contributed by atoms with Crippen LogP contribution < -0.4 is 16.4 Å². The lowest BCUT2D eigenvalue weighted by Crippen LogP contribution is -2.45. The van der Waals surface area contributed by atoms with Gasteiger partial charge in [0, 0.05) is 11.1 Å². The van der Waals surface area contributed by atoms with Crippen molar-refractivity contribution in [3.05, 3.63) is 77.8 Å². The summed E-state index contributed by atoms with van der Waals surface area (Å²) in [5.74, 6) is 1.51. The van der Waals surface area contributed by atoms with Gasteiger partial charge >= 0.3 is 0 Å². The Balaban J connectivity index is 1.43. The van der Waals surface area contributed by atoms with Gasteiger partial charge in [0.15, 0.2) is 5.11 Å². The van der Waals surface area contributed by atoms with Gasteiger partial charge in [-0.1, -0.05) is 36.4 Å². The quantitative estimate of drug-likeness (QED) is 0.414. The number of nitrogens with zero attached hydrogens (tertiary/aromatic N) is 2. The number of nitrogens with two attached hydrogens (primary N) is 1. The predicted molar refractivity (Wildman–Crippen MR) is 121 cm³/mol. The van der Waals surface area contributed by atoms with Crippen molar-refractivity contribution in [2.24, 2.45) is 5.73 Å². The molecule has 5 rings (SSSR count). The molecule has 3 heterocycles. The minimum absolute atomic E-state index is 0.240. The zero-order chi connectivity index (χ0) is 20.7. The van der Waals surface area contributed by atoms with E-state index in [1.165, 1.54) is 4.70 Å². The van der Waals surface area contributed by atoms with E-state index in [-0.39, 0.29) is 5.82 Å². The van der Waals surface area contributed by atoms with Crippen molar-refractivity contribution in [1.82, 2.24) is 15.6 Å². The maximum atomic E-state index is 9.44. The van der Waals surface area contributed by atoms with Crippen LogP contribution in [-0.4, -0.2) is 10.1 Å². The molecule has 2 aromatic heterocycles. The number of fused-ring (bicyclic) bond motifs is 1. The van der Waals surface area contributed by atoms with E-state index in [0.717, 1.165) is 21.7 Å². The lowest BCUT2D eigenvalue weighted by atomic mass is 10.0. The zero-order valence-corrected chi connectivity index (χ0v) is 17.2. The van der Waals surface area contributed by atoms with E-state index in [1.807, 2.05) is 54.6 Å². The second-order valence-corrected chi connectivity index (χ2v) is 8.18. The maximum Gasteiger partial charge on any atom is 0.172 e. The Labute approximate surface area is 181 Å². The summed E-state index contributed by atoms with van der Waals surface area (Å²) >= 11 is 6.82. The summed E-state index contributed by atoms with van der Waals surface area (Å²) in [6.07, 6.45) is 0. The molecule has 8 heteroatoms. The number of aromatic nitrogens is 1. The number of hydrogen-bond acceptors (Lipinski definition) is 6. The van der Waals surface area contributed by atoms with Gasteiger partial charge in [-0.15, -0.1) is 11.3 Å². The van der Waals surface area contributed by atoms with E-state index in [4.69, 9.17) is 27.4 Å². The van der Waals surface area contributed by atoms with Gasteiger partial charge < -0.3 is 20.8 Å². The molecule has 2 aromatic carbocycles. The van der Waals surface area contributed by atoms with E-state index in [9.17, 15) is 5.26 Å². The number of hydrogen-bond donors (Lipinski definition) is 3. The van der Waals surface area contributed by atoms with E-state index in [2.05, 4.69) is 22.8 Å². The van der Waals surface area contributed by atoms with Crippen molar-refractivity contribution >= 4 is 38.9 Å². The first kappa shape index (κ1) is 18.4. The molecule has 4 aromatic rings. The van der Waals surface area contributed by atoms with Gasteiger partial charge in [-0.05, 0) is 36.5 Å². The molecule has 0 bridgehead atoms. The summed E-state index contributed by atoms with van der Waals surface area (Å²) in [6, 6.07) is 21.5. The molecule has 0 fully saturated rings. The topological polar surface area (TPSA) is 99.9 Å². The Hall–Kier alpha value is -3.67. The number of thiocarbonyl (C=S) groups is 1. The Morgan fingerprint density at radius 2 is 1.83 bits per heavy atom. The van der Waals surface area contributed by atoms with Crippen LogP contribution in [0.15, 0.2) is 76.5 Å². The molecule has 0 amide bonds. The molecule has 1 unspecified atom stereocenters. The first-order valence-corrected chi connectivity index (χ1v) is 10.4. The molecule has 0 saturated carbocycles. The third-order valence-electron chi connectivity index (χ3n) is 4.84. The van der Waals surface area contributed by atoms with Crippen LogP contribution in [0.4, 0.5) is 0 Å². The number of benzene rings is 2. The molecular formula is C22H15N5OS2. The Bertz CT molecular complexity index is 1310. The maximum absolute atomic E-state index is 9.44. The molecular weight excluding hydrogens is 414 g/mol. The average molecular weight is 430 g/mol. The lowest BCUT2D eigenvalue weighted by molar-refractivity contribution is 0.479. The molecule has 6 nitrogen and oxygen atoms in total. The molecule has 0 saturated heterocycles. The Kier molecular flexibility index (Phi) is 4.47. The molecule has 1 aliphatic rings. The number of furan rings is 1. The van der Waals surface area contributed by atoms with Crippen LogP contribution in [0.2, 0.25) is 0 Å². The summed E-state index contributed by atoms with van der Waals surface area (Å²) in [7, 11) is 0. The Morgan fingerprint density at radius 1 is 1.07 bits per heavy atom. The fourth-order valence-corrected chi connectivity index (χ4v) is 4.56. The van der Waals surface area contributed by atoms with E-state index in [1.54, 1.807) is 11.3 Å². The summed E-state index contributed by atoms with van der Waals surface area (Å²) in [5, 5.41) is 16.6. The second kappa shape index (κ2) is 7.30. The summed E-state index contributed by atoms with van der Waals surface area (Å²) in [6.45, 7) is 0. The zero-order valence-electron chi connectivity index (χ0n) is 15.5. The molecule has 30 heavy (non-hydrogen) atoms. The first-order chi connectivity index (χ1) is 14.6. The minimum atomic E-state index is -0.514. The van der Waals surface area contributed by atoms with Crippen molar-refractivity contribution in [2.45, 2.75) is 6.04 Å². The van der Waals surface area contributed by atoms with Crippen molar-refractivity contribution in [2.75, 3.05) is 0 Å². The van der Waals surface area contributed by atoms with Crippen LogP contribution in [-0.2, 0) is 0 Å². The molecule has 0 spiro atoms. The third-order valence-corrected chi connectivity index (χ3v) is 6.15. The van der Waals surface area contributed by atoms with Gasteiger partial charge in [0.05, 0.1) is 15.8 Å². The van der Waals surface area contributed by atoms with Crippen molar-refractivity contribution in [1.29, 1.82) is 5.26 Å². The van der Waals surface area contributed by atoms with E-state index >= 15 is 0 Å². The number of para-hydroxylation sites is 1. The van der Waals surface area contributed by atoms with Gasteiger partial charge in [0.2, 0.25) is 0 Å². The van der Waals surface area contributed by atoms with Crippen LogP contribution in [0.3, 0.4) is 0 Å². The van der Waals surface area contributed by atoms with Gasteiger partial charge in [-0.2, -0.15) is 5.26 Å². The summed E-state index contributed by atoms with van der Waals surface area (Å²) in [4.78, 5) is 4.70. The summed E-state index contributed by atoms with van der Waals surface area (Å²) < 4.78 is 7.19. The van der Waals surface area contributed by atoms with Crippen molar-refractivity contribution in [3.63, 3.8) is 0 Å². The highest BCUT2D eigenvalue weighted by Gasteiger charge is 2.28. The van der Waals surface area contributed by atoms with Crippen LogP contribution in [0.25, 0.3) is 32.1 Å². The highest BCUT2D eigenvalue weighted by atomic mass is 32.1. The average Bonchev–Trinajstić information content (AvgIpc) is 3.41. The number of nitriles is 1. The lowest BCUT2D eigenvalue weighted by Gasteiger charge is -2.25. The minimum Gasteiger partial charge on any atom is -0.458 e. The molecule has 1 aliphatic heterocycles. The molecule has 146 valence electrons. The molecule has 1 atom stereocenters. The fraction of sp³-hybridized carbons (Fsp3) is 0.0455. The molecule has 0 aliphatic carbocycles. The second-order valence-electron chi connectivity index (χ2n) is 6.74. The van der Waals surface area contributed by atoms with Crippen LogP contribution >= 0.6 is 23.6 Å². The summed E-state index contributed by atoms with van der Waals surface area (Å²) in [5.41, 5.74) is 9.23. The van der Waals surface area contributed by atoms with E-state index in [0.29, 0.717) is 22.2 Å². The molecule has 0 radical (unpaired) electrons. The smallest absolute Gasteiger partial charge is 0.172 e. The highest BCUT2D eigenvalue weighted by Crippen LogP contribution is 2.33. The van der Waals surface area contributed by atoms with Gasteiger partial charge in [0.1, 0.15) is 34.5 Å². The first-order valence-electron chi connectivity index (χ1n) is 9.16. The monoisotopic (exact) mass is 429 g/mol. The van der Waals surface area contributed by atoms with Gasteiger partial charge in [0.25, 0.3) is 0 Å². The van der Waals surface area contributed by atoms with Crippen molar-refractivity contribution in [3.8, 4) is 28.0 Å². The number of rotatable bonds is 3. The van der Waals surface area contributed by atoms with Crippen LogP contribution in [0.5, 0.6) is 0 Å². The largest absolute Gasteiger partial charge is 0.458 e. The Morgan fingerprint density at radius 3 is 2.60 bits per heavy atom. The third kappa shape index (κ3) is 3.20. The van der Waals surface area contributed by atoms with Crippen LogP contribution in [0.1, 0.15) is 11.8 Å². The molecule has 4 N–H and O–H groups in total. The number of nitrogens with one attached hydrogen (secondary N) is 2. The van der Waals surface area contributed by atoms with Gasteiger partial charge in [-0.25, -0.2) is 4.98 Å². The highest BCUT2D eigenvalue weighted by molar-refractivity contribution is 7.80. The van der Waals surface area contributed by atoms with E-state index < -0.39 is 6.04 Å². The van der Waals surface area contributed by atoms with Gasteiger partial charge in [-0.3, -0.25) is 0 Å². The van der Waals surface area contributed by atoms with Crippen LogP contribution in [0, 0.1) is 11.3 Å². The fourth-order valence-electron chi connectivity index (χ4n) is 3.36.